The van der Waals surface area contributed by atoms with Crippen molar-refractivity contribution in [3.63, 3.8) is 0 Å². The summed E-state index contributed by atoms with van der Waals surface area (Å²) < 4.78 is 0. The number of hydrogen-bond acceptors (Lipinski definition) is 4. The van der Waals surface area contributed by atoms with Crippen LogP contribution in [-0.2, 0) is 27.3 Å². The number of benzene rings is 2. The molecule has 8 nitrogen and oxygen atoms in total. The molecule has 2 amide bonds. The fraction of sp³-hybridized carbons (Fsp3) is 0.407. The summed E-state index contributed by atoms with van der Waals surface area (Å²) in [7, 11) is 1.64. The van der Waals surface area contributed by atoms with E-state index in [0.29, 0.717) is 12.1 Å². The minimum absolute atomic E-state index is 0.0682. The molecule has 0 aromatic heterocycles. The largest absolute Gasteiger partial charge is 0.480 e. The molecule has 0 radical (unpaired) electrons. The number of amidine groups is 1. The minimum Gasteiger partial charge on any atom is -0.480 e. The van der Waals surface area contributed by atoms with Gasteiger partial charge in [-0.1, -0.05) is 73.9 Å². The van der Waals surface area contributed by atoms with Crippen LogP contribution in [0.2, 0.25) is 0 Å². The molecule has 35 heavy (non-hydrogen) atoms. The van der Waals surface area contributed by atoms with Crippen LogP contribution in [0.3, 0.4) is 0 Å². The van der Waals surface area contributed by atoms with Crippen molar-refractivity contribution in [3.05, 3.63) is 71.3 Å². The Balaban J connectivity index is 1.82. The highest BCUT2D eigenvalue weighted by Gasteiger charge is 2.36. The first kappa shape index (κ1) is 25.9. The van der Waals surface area contributed by atoms with Crippen molar-refractivity contribution in [1.29, 1.82) is 5.41 Å². The van der Waals surface area contributed by atoms with Crippen LogP contribution in [0.1, 0.15) is 48.8 Å². The average Bonchev–Trinajstić information content (AvgIpc) is 2.86. The van der Waals surface area contributed by atoms with E-state index in [0.717, 1.165) is 43.2 Å². The maximum absolute atomic E-state index is 13.5. The fourth-order valence-corrected chi connectivity index (χ4v) is 4.65. The molecule has 0 aliphatic heterocycles. The van der Waals surface area contributed by atoms with Crippen molar-refractivity contribution in [3.8, 4) is 0 Å². The van der Waals surface area contributed by atoms with Gasteiger partial charge in [0.05, 0.1) is 0 Å². The quantitative estimate of drug-likeness (QED) is 0.236. The van der Waals surface area contributed by atoms with Crippen LogP contribution in [0.5, 0.6) is 0 Å². The smallest absolute Gasteiger partial charge is 0.326 e. The van der Waals surface area contributed by atoms with Crippen LogP contribution < -0.4 is 11.1 Å². The number of carboxylic acid groups (broad SMARTS) is 1. The van der Waals surface area contributed by atoms with Crippen LogP contribution in [0.4, 0.5) is 0 Å². The van der Waals surface area contributed by atoms with E-state index in [9.17, 15) is 19.5 Å². The summed E-state index contributed by atoms with van der Waals surface area (Å²) in [4.78, 5) is 40.4. The number of nitrogens with two attached hydrogens (primary N) is 1. The third kappa shape index (κ3) is 7.15. The third-order valence-corrected chi connectivity index (χ3v) is 6.64. The molecule has 8 heteroatoms. The van der Waals surface area contributed by atoms with Gasteiger partial charge in [-0.25, -0.2) is 4.79 Å². The Hall–Kier alpha value is -3.68. The van der Waals surface area contributed by atoms with E-state index in [1.165, 1.54) is 4.90 Å². The van der Waals surface area contributed by atoms with E-state index in [1.807, 2.05) is 30.3 Å². The molecule has 2 aromatic carbocycles. The third-order valence-electron chi connectivity index (χ3n) is 6.64. The molecule has 5 N–H and O–H groups in total. The first-order chi connectivity index (χ1) is 16.8. The van der Waals surface area contributed by atoms with E-state index in [4.69, 9.17) is 11.1 Å². The number of carbonyl (C=O) groups excluding carboxylic acids is 2. The van der Waals surface area contributed by atoms with Crippen molar-refractivity contribution in [1.82, 2.24) is 10.2 Å². The number of carbonyl (C=O) groups is 3. The number of rotatable bonds is 10. The van der Waals surface area contributed by atoms with Crippen molar-refractivity contribution < 1.29 is 19.5 Å². The van der Waals surface area contributed by atoms with Crippen LogP contribution >= 0.6 is 0 Å². The predicted molar refractivity (Wildman–Crippen MR) is 134 cm³/mol. The van der Waals surface area contributed by atoms with Gasteiger partial charge in [0.1, 0.15) is 17.8 Å². The minimum atomic E-state index is -1.09. The lowest BCUT2D eigenvalue weighted by Crippen LogP contribution is -2.51. The SMILES string of the molecule is CN(Cc1ccccc1)C(=O)C(Cc1ccc(C(=N)N)cc1)C(=O)N[C@H](C(=O)O)C1CCCCC1. The average molecular weight is 479 g/mol. The number of nitrogen functional groups attached to an aromatic ring is 1. The summed E-state index contributed by atoms with van der Waals surface area (Å²) in [5, 5.41) is 20.1. The molecule has 186 valence electrons. The first-order valence-corrected chi connectivity index (χ1v) is 12.0. The molecule has 0 saturated heterocycles. The van der Waals surface area contributed by atoms with Gasteiger partial charge in [0, 0.05) is 19.2 Å². The van der Waals surface area contributed by atoms with Crippen molar-refractivity contribution in [2.24, 2.45) is 17.6 Å². The Labute approximate surface area is 206 Å². The fourth-order valence-electron chi connectivity index (χ4n) is 4.65. The molecular weight excluding hydrogens is 444 g/mol. The van der Waals surface area contributed by atoms with E-state index < -0.39 is 23.8 Å². The second kappa shape index (κ2) is 12.1. The molecule has 0 bridgehead atoms. The van der Waals surface area contributed by atoms with Gasteiger partial charge in [0.15, 0.2) is 0 Å². The Bertz CT molecular complexity index is 1030. The zero-order valence-corrected chi connectivity index (χ0v) is 20.1. The summed E-state index contributed by atoms with van der Waals surface area (Å²) in [6.07, 6.45) is 4.55. The van der Waals surface area contributed by atoms with Gasteiger partial charge in [-0.15, -0.1) is 0 Å². The summed E-state index contributed by atoms with van der Waals surface area (Å²) in [5.41, 5.74) is 7.73. The van der Waals surface area contributed by atoms with Crippen molar-refractivity contribution in [2.75, 3.05) is 7.05 Å². The van der Waals surface area contributed by atoms with Gasteiger partial charge in [0.2, 0.25) is 11.8 Å². The van der Waals surface area contributed by atoms with Gasteiger partial charge >= 0.3 is 5.97 Å². The Kier molecular flexibility index (Phi) is 9.00. The highest BCUT2D eigenvalue weighted by molar-refractivity contribution is 6.01. The standard InChI is InChI=1S/C27H34N4O4/c1-31(17-19-8-4-2-5-9-19)26(33)22(16-18-12-14-21(15-13-18)24(28)29)25(32)30-23(27(34)35)20-10-6-3-7-11-20/h2,4-5,8-9,12-15,20,22-23H,3,6-7,10-11,16-17H2,1H3,(H3,28,29)(H,30,32)(H,34,35)/t22?,23-/m0/s1. The second-order valence-corrected chi connectivity index (χ2v) is 9.27. The van der Waals surface area contributed by atoms with Crippen LogP contribution in [0.25, 0.3) is 0 Å². The maximum atomic E-state index is 13.5. The topological polar surface area (TPSA) is 137 Å². The molecule has 0 heterocycles. The highest BCUT2D eigenvalue weighted by Crippen LogP contribution is 2.27. The first-order valence-electron chi connectivity index (χ1n) is 12.0. The van der Waals surface area contributed by atoms with E-state index >= 15 is 0 Å². The summed E-state index contributed by atoms with van der Waals surface area (Å²) in [6.45, 7) is 0.331. The molecule has 3 rings (SSSR count). The van der Waals surface area contributed by atoms with Crippen LogP contribution in [0, 0.1) is 17.2 Å². The van der Waals surface area contributed by atoms with Gasteiger partial charge in [-0.3, -0.25) is 15.0 Å². The Morgan fingerprint density at radius 2 is 1.66 bits per heavy atom. The van der Waals surface area contributed by atoms with E-state index in [2.05, 4.69) is 5.32 Å². The summed E-state index contributed by atoms with van der Waals surface area (Å²) >= 11 is 0. The summed E-state index contributed by atoms with van der Waals surface area (Å²) in [5.74, 6) is -3.32. The lowest BCUT2D eigenvalue weighted by molar-refractivity contribution is -0.148. The lowest BCUT2D eigenvalue weighted by atomic mass is 9.83. The van der Waals surface area contributed by atoms with Gasteiger partial charge in [-0.2, -0.15) is 0 Å². The number of hydrogen-bond donors (Lipinski definition) is 4. The number of carboxylic acids is 1. The number of amides is 2. The summed E-state index contributed by atoms with van der Waals surface area (Å²) in [6, 6.07) is 15.3. The number of aliphatic carboxylic acids is 1. The molecule has 1 saturated carbocycles. The van der Waals surface area contributed by atoms with Gasteiger partial charge in [0.25, 0.3) is 0 Å². The van der Waals surface area contributed by atoms with Crippen molar-refractivity contribution in [2.45, 2.75) is 51.1 Å². The van der Waals surface area contributed by atoms with E-state index in [-0.39, 0.29) is 24.1 Å². The van der Waals surface area contributed by atoms with Crippen molar-refractivity contribution >= 4 is 23.6 Å². The molecule has 1 fully saturated rings. The van der Waals surface area contributed by atoms with E-state index in [1.54, 1.807) is 31.3 Å². The molecular formula is C27H34N4O4. The molecule has 0 spiro atoms. The molecule has 1 aliphatic carbocycles. The molecule has 2 aromatic rings. The Morgan fingerprint density at radius 3 is 2.23 bits per heavy atom. The molecule has 1 aliphatic rings. The number of nitrogens with zero attached hydrogens (tertiary/aromatic N) is 1. The lowest BCUT2D eigenvalue weighted by Gasteiger charge is -2.30. The predicted octanol–water partition coefficient (Wildman–Crippen LogP) is 2.94. The van der Waals surface area contributed by atoms with Gasteiger partial charge in [-0.05, 0) is 36.3 Å². The second-order valence-electron chi connectivity index (χ2n) is 9.27. The Morgan fingerprint density at radius 1 is 1.03 bits per heavy atom. The molecule has 2 atom stereocenters. The zero-order chi connectivity index (χ0) is 25.4. The van der Waals surface area contributed by atoms with Gasteiger partial charge < -0.3 is 21.1 Å². The maximum Gasteiger partial charge on any atom is 0.326 e. The van der Waals surface area contributed by atoms with Crippen LogP contribution in [-0.4, -0.2) is 46.7 Å². The number of nitrogens with one attached hydrogen (secondary N) is 2. The normalized spacial score (nSPS) is 15.6. The zero-order valence-electron chi connectivity index (χ0n) is 20.1. The monoisotopic (exact) mass is 478 g/mol. The highest BCUT2D eigenvalue weighted by atomic mass is 16.4. The molecule has 1 unspecified atom stereocenters. The van der Waals surface area contributed by atoms with Crippen LogP contribution in [0.15, 0.2) is 54.6 Å².